The van der Waals surface area contributed by atoms with Crippen molar-refractivity contribution in [2.24, 2.45) is 0 Å². The third-order valence-corrected chi connectivity index (χ3v) is 8.43. The maximum Gasteiger partial charge on any atom is 0.338 e. The molecule has 0 saturated heterocycles. The predicted octanol–water partition coefficient (Wildman–Crippen LogP) is 9.90. The van der Waals surface area contributed by atoms with Crippen LogP contribution < -0.4 is 19.1 Å². The van der Waals surface area contributed by atoms with E-state index in [-0.39, 0.29) is 5.97 Å². The van der Waals surface area contributed by atoms with E-state index in [0.717, 1.165) is 73.8 Å². The molecule has 1 aromatic heterocycles. The monoisotopic (exact) mass is 622 g/mol. The third-order valence-electron chi connectivity index (χ3n) is 8.43. The number of para-hydroxylation sites is 4. The van der Waals surface area contributed by atoms with Crippen molar-refractivity contribution < 1.29 is 23.7 Å². The van der Waals surface area contributed by atoms with E-state index in [0.29, 0.717) is 23.7 Å². The fourth-order valence-electron chi connectivity index (χ4n) is 6.17. The number of hydrogen-bond donors (Lipinski definition) is 0. The summed E-state index contributed by atoms with van der Waals surface area (Å²) >= 11 is 0. The molecule has 6 aromatic rings. The fraction of sp³-hybridized carbons (Fsp3) is 0.150. The lowest BCUT2D eigenvalue weighted by Gasteiger charge is -2.33. The van der Waals surface area contributed by atoms with E-state index in [1.807, 2.05) is 66.7 Å². The highest BCUT2D eigenvalue weighted by atomic mass is 16.5. The zero-order valence-corrected chi connectivity index (χ0v) is 26.7. The van der Waals surface area contributed by atoms with Crippen LogP contribution in [-0.4, -0.2) is 31.8 Å². The van der Waals surface area contributed by atoms with Crippen molar-refractivity contribution in [2.45, 2.75) is 20.3 Å². The van der Waals surface area contributed by atoms with Crippen LogP contribution in [0.5, 0.6) is 23.0 Å². The smallest absolute Gasteiger partial charge is 0.338 e. The summed E-state index contributed by atoms with van der Waals surface area (Å²) in [6.07, 6.45) is 0.802. The highest BCUT2D eigenvalue weighted by Gasteiger charge is 2.28. The lowest BCUT2D eigenvalue weighted by molar-refractivity contribution is 0.0526. The Morgan fingerprint density at radius 1 is 0.723 bits per heavy atom. The van der Waals surface area contributed by atoms with Crippen molar-refractivity contribution in [3.63, 3.8) is 0 Å². The summed E-state index contributed by atoms with van der Waals surface area (Å²) in [5, 5.41) is 1.04. The van der Waals surface area contributed by atoms with Gasteiger partial charge in [-0.15, -0.1) is 0 Å². The number of aromatic nitrogens is 1. The number of pyridine rings is 1. The quantitative estimate of drug-likeness (QED) is 0.156. The predicted molar refractivity (Wildman–Crippen MR) is 186 cm³/mol. The molecule has 7 rings (SSSR count). The molecule has 234 valence electrons. The topological polar surface area (TPSA) is 70.1 Å². The molecule has 0 unspecified atom stereocenters. The second kappa shape index (κ2) is 12.5. The minimum absolute atomic E-state index is 0.316. The highest BCUT2D eigenvalue weighted by molar-refractivity contribution is 6.07. The minimum Gasteiger partial charge on any atom is -0.497 e. The Kier molecular flexibility index (Phi) is 7.96. The van der Waals surface area contributed by atoms with Gasteiger partial charge in [0.1, 0.15) is 11.5 Å². The molecule has 0 atom stereocenters. The minimum atomic E-state index is -0.353. The summed E-state index contributed by atoms with van der Waals surface area (Å²) in [5.74, 6) is 2.56. The van der Waals surface area contributed by atoms with Crippen LogP contribution >= 0.6 is 0 Å². The molecule has 0 spiro atoms. The van der Waals surface area contributed by atoms with Crippen LogP contribution in [0.1, 0.15) is 29.8 Å². The van der Waals surface area contributed by atoms with Crippen LogP contribution in [0.3, 0.4) is 0 Å². The number of carbonyl (C=O) groups excluding carboxylic acids is 1. The molecule has 0 fully saturated rings. The van der Waals surface area contributed by atoms with E-state index in [2.05, 4.69) is 42.2 Å². The summed E-state index contributed by atoms with van der Waals surface area (Å²) in [4.78, 5) is 20.1. The zero-order valence-electron chi connectivity index (χ0n) is 26.7. The van der Waals surface area contributed by atoms with Crippen molar-refractivity contribution >= 4 is 33.9 Å². The highest BCUT2D eigenvalue weighted by Crippen LogP contribution is 2.52. The van der Waals surface area contributed by atoms with Crippen molar-refractivity contribution in [1.82, 2.24) is 4.98 Å². The lowest BCUT2D eigenvalue weighted by atomic mass is 9.92. The van der Waals surface area contributed by atoms with Crippen molar-refractivity contribution in [3.05, 3.63) is 120 Å². The average Bonchev–Trinajstić information content (AvgIpc) is 3.13. The van der Waals surface area contributed by atoms with Crippen LogP contribution in [0.15, 0.2) is 109 Å². The van der Waals surface area contributed by atoms with Crippen molar-refractivity contribution in [2.75, 3.05) is 25.7 Å². The Bertz CT molecular complexity index is 2060. The first-order valence-electron chi connectivity index (χ1n) is 15.7. The molecule has 0 N–H and O–H groups in total. The molecule has 0 radical (unpaired) electrons. The van der Waals surface area contributed by atoms with Gasteiger partial charge in [0.05, 0.1) is 54.7 Å². The van der Waals surface area contributed by atoms with Gasteiger partial charge in [-0.25, -0.2) is 9.78 Å². The summed E-state index contributed by atoms with van der Waals surface area (Å²) in [7, 11) is 3.31. The molecule has 0 saturated carbocycles. The number of anilines is 3. The molecule has 5 aromatic carbocycles. The Hall–Kier alpha value is -5.82. The van der Waals surface area contributed by atoms with Crippen molar-refractivity contribution in [1.29, 1.82) is 0 Å². The molecule has 1 aliphatic heterocycles. The zero-order chi connectivity index (χ0) is 32.5. The van der Waals surface area contributed by atoms with Crippen LogP contribution in [0.4, 0.5) is 17.1 Å². The number of nitrogens with zero attached hydrogens (tertiary/aromatic N) is 2. The van der Waals surface area contributed by atoms with Crippen LogP contribution in [0.2, 0.25) is 0 Å². The number of esters is 1. The van der Waals surface area contributed by atoms with Crippen molar-refractivity contribution in [3.8, 4) is 45.4 Å². The van der Waals surface area contributed by atoms with E-state index in [4.69, 9.17) is 23.9 Å². The second-order valence-corrected chi connectivity index (χ2v) is 11.1. The number of carbonyl (C=O) groups is 1. The first-order chi connectivity index (χ1) is 23.0. The van der Waals surface area contributed by atoms with Gasteiger partial charge in [0, 0.05) is 17.0 Å². The number of methoxy groups -OCH3 is 2. The van der Waals surface area contributed by atoms with Gasteiger partial charge >= 0.3 is 5.97 Å². The Morgan fingerprint density at radius 2 is 1.36 bits per heavy atom. The second-order valence-electron chi connectivity index (χ2n) is 11.1. The SMILES string of the molecule is CCOC(=O)c1ccc(-c2cc(-c3cc(OC)cc(OC)c3)c3c(CC)ccc(N4c5ccccc5Oc5ccccc54)c3n2)cc1. The summed E-state index contributed by atoms with van der Waals surface area (Å²) in [6.45, 7) is 4.27. The van der Waals surface area contributed by atoms with Gasteiger partial charge in [0.25, 0.3) is 0 Å². The summed E-state index contributed by atoms with van der Waals surface area (Å²) in [6, 6.07) is 35.9. The molecule has 0 aliphatic carbocycles. The van der Waals surface area contributed by atoms with Gasteiger partial charge in [-0.2, -0.15) is 0 Å². The number of hydrogen-bond acceptors (Lipinski definition) is 7. The van der Waals surface area contributed by atoms with Gasteiger partial charge in [0.2, 0.25) is 0 Å². The number of fused-ring (bicyclic) bond motifs is 3. The number of ether oxygens (including phenoxy) is 4. The maximum atomic E-state index is 12.4. The van der Waals surface area contributed by atoms with Gasteiger partial charge in [0.15, 0.2) is 11.5 Å². The van der Waals surface area contributed by atoms with E-state index in [1.165, 1.54) is 0 Å². The molecule has 7 nitrogen and oxygen atoms in total. The largest absolute Gasteiger partial charge is 0.497 e. The van der Waals surface area contributed by atoms with Gasteiger partial charge in [-0.1, -0.05) is 49.4 Å². The first kappa shape index (κ1) is 29.9. The molecule has 1 aliphatic rings. The number of aryl methyl sites for hydroxylation is 1. The molecule has 2 heterocycles. The molecular formula is C40H34N2O5. The van der Waals surface area contributed by atoms with Crippen LogP contribution in [0, 0.1) is 0 Å². The van der Waals surface area contributed by atoms with Gasteiger partial charge < -0.3 is 23.8 Å². The molecular weight excluding hydrogens is 588 g/mol. The van der Waals surface area contributed by atoms with E-state index >= 15 is 0 Å². The Balaban J connectivity index is 1.55. The lowest BCUT2D eigenvalue weighted by Crippen LogP contribution is -2.16. The molecule has 0 amide bonds. The normalized spacial score (nSPS) is 11.8. The van der Waals surface area contributed by atoms with Crippen LogP contribution in [0.25, 0.3) is 33.3 Å². The third kappa shape index (κ3) is 5.40. The van der Waals surface area contributed by atoms with E-state index in [1.54, 1.807) is 33.3 Å². The first-order valence-corrected chi connectivity index (χ1v) is 15.7. The molecule has 7 heteroatoms. The molecule has 0 bridgehead atoms. The maximum absolute atomic E-state index is 12.4. The standard InChI is InChI=1S/C40H34N2O5/c1-5-25-19-20-35(42-33-11-7-9-13-36(33)47-37-14-10-8-12-34(37)42)39-38(25)31(28-21-29(44-3)23-30(22-28)45-4)24-32(41-39)26-15-17-27(18-16-26)40(43)46-6-2/h7-24H,5-6H2,1-4H3. The van der Waals surface area contributed by atoms with E-state index in [9.17, 15) is 4.79 Å². The fourth-order valence-corrected chi connectivity index (χ4v) is 6.17. The summed E-state index contributed by atoms with van der Waals surface area (Å²) < 4.78 is 23.0. The summed E-state index contributed by atoms with van der Waals surface area (Å²) in [5.41, 5.74) is 8.80. The van der Waals surface area contributed by atoms with E-state index < -0.39 is 0 Å². The van der Waals surface area contributed by atoms with Gasteiger partial charge in [-0.05, 0) is 90.7 Å². The van der Waals surface area contributed by atoms with Crippen LogP contribution in [-0.2, 0) is 11.2 Å². The Labute approximate surface area is 273 Å². The van der Waals surface area contributed by atoms with Gasteiger partial charge in [-0.3, -0.25) is 0 Å². The number of benzene rings is 5. The Morgan fingerprint density at radius 3 is 1.96 bits per heavy atom. The average molecular weight is 623 g/mol. The molecule has 47 heavy (non-hydrogen) atoms. The number of rotatable bonds is 8.